The molecule has 1 fully saturated rings. The average Bonchev–Trinajstić information content (AvgIpc) is 3.07. The highest BCUT2D eigenvalue weighted by Crippen LogP contribution is 2.41. The molecule has 0 radical (unpaired) electrons. The molecule has 0 bridgehead atoms. The third kappa shape index (κ3) is 3.93. The molecule has 112 valence electrons. The van der Waals surface area contributed by atoms with Gasteiger partial charge in [0.25, 0.3) is 0 Å². The molecule has 1 saturated carbocycles. The molecule has 20 heavy (non-hydrogen) atoms. The van der Waals surface area contributed by atoms with E-state index in [2.05, 4.69) is 10.3 Å². The van der Waals surface area contributed by atoms with E-state index in [4.69, 9.17) is 0 Å². The number of carbonyl (C=O) groups excluding carboxylic acids is 1. The number of amides is 2. The molecule has 2 amide bonds. The van der Waals surface area contributed by atoms with Gasteiger partial charge in [0, 0.05) is 24.2 Å². The first kappa shape index (κ1) is 15.3. The number of nitrogens with one attached hydrogen (secondary N) is 1. The molecule has 0 aromatic carbocycles. The summed E-state index contributed by atoms with van der Waals surface area (Å²) in [5, 5.41) is 15.5. The summed E-state index contributed by atoms with van der Waals surface area (Å²) in [6.45, 7) is 5.95. The fraction of sp³-hybridized carbons (Fsp3) is 0.714. The fourth-order valence-electron chi connectivity index (χ4n) is 2.23. The minimum atomic E-state index is -0.526. The van der Waals surface area contributed by atoms with Crippen molar-refractivity contribution in [3.05, 3.63) is 16.6 Å². The second-order valence-corrected chi connectivity index (χ2v) is 6.66. The number of urea groups is 1. The zero-order valence-electron chi connectivity index (χ0n) is 12.2. The second-order valence-electron chi connectivity index (χ2n) is 5.73. The van der Waals surface area contributed by atoms with E-state index in [0.29, 0.717) is 12.5 Å². The Kier molecular flexibility index (Phi) is 4.99. The van der Waals surface area contributed by atoms with Gasteiger partial charge in [-0.25, -0.2) is 9.78 Å². The van der Waals surface area contributed by atoms with Crippen molar-refractivity contribution in [1.82, 2.24) is 15.2 Å². The van der Waals surface area contributed by atoms with Crippen LogP contribution in [0.4, 0.5) is 4.79 Å². The molecule has 1 aliphatic rings. The molecule has 1 aromatic rings. The molecule has 0 aliphatic heterocycles. The Morgan fingerprint density at radius 2 is 2.25 bits per heavy atom. The molecule has 2 atom stereocenters. The summed E-state index contributed by atoms with van der Waals surface area (Å²) in [5.74, 6) is 0.505. The lowest BCUT2D eigenvalue weighted by Gasteiger charge is -2.30. The van der Waals surface area contributed by atoms with Gasteiger partial charge < -0.3 is 15.3 Å². The Morgan fingerprint density at radius 1 is 1.55 bits per heavy atom. The van der Waals surface area contributed by atoms with E-state index < -0.39 is 6.10 Å². The number of hydrogen-bond donors (Lipinski definition) is 2. The number of aliphatic hydroxyl groups is 1. The molecule has 0 saturated heterocycles. The van der Waals surface area contributed by atoms with Crippen molar-refractivity contribution in [1.29, 1.82) is 0 Å². The van der Waals surface area contributed by atoms with Crippen LogP contribution in [-0.2, 0) is 0 Å². The summed E-state index contributed by atoms with van der Waals surface area (Å²) in [4.78, 5) is 18.4. The highest BCUT2D eigenvalue weighted by Gasteiger charge is 2.36. The first-order valence-electron chi connectivity index (χ1n) is 7.13. The zero-order chi connectivity index (χ0) is 14.7. The zero-order valence-corrected chi connectivity index (χ0v) is 13.1. The van der Waals surface area contributed by atoms with Gasteiger partial charge in [-0.05, 0) is 39.5 Å². The number of nitrogens with zero attached hydrogens (tertiary/aromatic N) is 2. The van der Waals surface area contributed by atoms with Crippen molar-refractivity contribution in [3.63, 3.8) is 0 Å². The molecule has 1 aromatic heterocycles. The monoisotopic (exact) mass is 297 g/mol. The van der Waals surface area contributed by atoms with E-state index in [1.807, 2.05) is 19.2 Å². The summed E-state index contributed by atoms with van der Waals surface area (Å²) in [6, 6.07) is -0.0495. The maximum atomic E-state index is 12.4. The normalized spacial score (nSPS) is 17.9. The van der Waals surface area contributed by atoms with Gasteiger partial charge in [0.2, 0.25) is 0 Å². The summed E-state index contributed by atoms with van der Waals surface area (Å²) >= 11 is 1.58. The van der Waals surface area contributed by atoms with Gasteiger partial charge in [0.1, 0.15) is 5.01 Å². The van der Waals surface area contributed by atoms with Crippen LogP contribution in [0.5, 0.6) is 0 Å². The minimum Gasteiger partial charge on any atom is -0.392 e. The molecule has 6 heteroatoms. The lowest BCUT2D eigenvalue weighted by Crippen LogP contribution is -2.48. The predicted octanol–water partition coefficient (Wildman–Crippen LogP) is 2.40. The fourth-order valence-corrected chi connectivity index (χ4v) is 3.01. The Labute approximate surface area is 124 Å². The number of aliphatic hydroxyl groups excluding tert-OH is 1. The molecular weight excluding hydrogens is 274 g/mol. The molecule has 2 N–H and O–H groups in total. The van der Waals surface area contributed by atoms with Crippen LogP contribution >= 0.6 is 11.3 Å². The first-order valence-corrected chi connectivity index (χ1v) is 8.01. The highest BCUT2D eigenvalue weighted by atomic mass is 32.1. The van der Waals surface area contributed by atoms with E-state index in [0.717, 1.165) is 17.8 Å². The molecule has 1 aliphatic carbocycles. The van der Waals surface area contributed by atoms with Crippen molar-refractivity contribution >= 4 is 17.4 Å². The lowest BCUT2D eigenvalue weighted by atomic mass is 10.2. The van der Waals surface area contributed by atoms with Crippen LogP contribution in [0, 0.1) is 5.92 Å². The summed E-state index contributed by atoms with van der Waals surface area (Å²) in [5.41, 5.74) is 0. The largest absolute Gasteiger partial charge is 0.392 e. The molecule has 2 unspecified atom stereocenters. The quantitative estimate of drug-likeness (QED) is 0.847. The number of rotatable bonds is 6. The standard InChI is InChI=1S/C14H23N3O2S/c1-9(2)17(8-10(3)18)14(19)16-12(11-4-5-11)13-15-6-7-20-13/h6-7,9-12,18H,4-5,8H2,1-3H3,(H,16,19). The van der Waals surface area contributed by atoms with Gasteiger partial charge in [-0.3, -0.25) is 0 Å². The number of carbonyl (C=O) groups is 1. The third-order valence-corrected chi connectivity index (χ3v) is 4.29. The summed E-state index contributed by atoms with van der Waals surface area (Å²) < 4.78 is 0. The van der Waals surface area contributed by atoms with E-state index >= 15 is 0 Å². The van der Waals surface area contributed by atoms with Crippen LogP contribution in [0.3, 0.4) is 0 Å². The van der Waals surface area contributed by atoms with Crippen LogP contribution in [0.1, 0.15) is 44.7 Å². The van der Waals surface area contributed by atoms with E-state index in [-0.39, 0.29) is 18.1 Å². The van der Waals surface area contributed by atoms with Crippen molar-refractivity contribution in [2.45, 2.75) is 51.8 Å². The van der Waals surface area contributed by atoms with Gasteiger partial charge >= 0.3 is 6.03 Å². The van der Waals surface area contributed by atoms with E-state index in [9.17, 15) is 9.90 Å². The smallest absolute Gasteiger partial charge is 0.318 e. The number of aromatic nitrogens is 1. The Morgan fingerprint density at radius 3 is 2.70 bits per heavy atom. The summed E-state index contributed by atoms with van der Waals surface area (Å²) in [7, 11) is 0. The number of hydrogen-bond acceptors (Lipinski definition) is 4. The first-order chi connectivity index (χ1) is 9.49. The lowest BCUT2D eigenvalue weighted by molar-refractivity contribution is 0.117. The summed E-state index contributed by atoms with van der Waals surface area (Å²) in [6.07, 6.45) is 3.53. The van der Waals surface area contributed by atoms with E-state index in [1.165, 1.54) is 0 Å². The predicted molar refractivity (Wildman–Crippen MR) is 79.6 cm³/mol. The molecule has 0 spiro atoms. The number of thiazole rings is 1. The van der Waals surface area contributed by atoms with Crippen LogP contribution in [0.15, 0.2) is 11.6 Å². The van der Waals surface area contributed by atoms with E-state index in [1.54, 1.807) is 29.4 Å². The van der Waals surface area contributed by atoms with Crippen molar-refractivity contribution in [2.24, 2.45) is 5.92 Å². The Hall–Kier alpha value is -1.14. The van der Waals surface area contributed by atoms with Gasteiger partial charge in [0.05, 0.1) is 12.1 Å². The Bertz CT molecular complexity index is 430. The average molecular weight is 297 g/mol. The molecular formula is C14H23N3O2S. The van der Waals surface area contributed by atoms with Crippen LogP contribution in [0.2, 0.25) is 0 Å². The maximum absolute atomic E-state index is 12.4. The third-order valence-electron chi connectivity index (χ3n) is 3.43. The second kappa shape index (κ2) is 6.54. The van der Waals surface area contributed by atoms with Gasteiger partial charge in [-0.1, -0.05) is 0 Å². The van der Waals surface area contributed by atoms with Crippen LogP contribution in [-0.4, -0.2) is 39.7 Å². The molecule has 2 rings (SSSR count). The van der Waals surface area contributed by atoms with Crippen molar-refractivity contribution in [2.75, 3.05) is 6.54 Å². The van der Waals surface area contributed by atoms with Crippen molar-refractivity contribution < 1.29 is 9.90 Å². The SMILES string of the molecule is CC(O)CN(C(=O)NC(c1nccs1)C1CC1)C(C)C. The molecule has 1 heterocycles. The maximum Gasteiger partial charge on any atom is 0.318 e. The molecule has 5 nitrogen and oxygen atoms in total. The topological polar surface area (TPSA) is 65.5 Å². The van der Waals surface area contributed by atoms with Gasteiger partial charge in [-0.2, -0.15) is 0 Å². The van der Waals surface area contributed by atoms with Crippen LogP contribution < -0.4 is 5.32 Å². The van der Waals surface area contributed by atoms with Crippen molar-refractivity contribution in [3.8, 4) is 0 Å². The Balaban J connectivity index is 2.03. The highest BCUT2D eigenvalue weighted by molar-refractivity contribution is 7.09. The van der Waals surface area contributed by atoms with Gasteiger partial charge in [0.15, 0.2) is 0 Å². The van der Waals surface area contributed by atoms with Crippen LogP contribution in [0.25, 0.3) is 0 Å². The van der Waals surface area contributed by atoms with Gasteiger partial charge in [-0.15, -0.1) is 11.3 Å². The minimum absolute atomic E-state index is 0.0118.